The van der Waals surface area contributed by atoms with Crippen LogP contribution < -0.4 is 5.32 Å². The summed E-state index contributed by atoms with van der Waals surface area (Å²) >= 11 is 0. The first-order chi connectivity index (χ1) is 7.51. The van der Waals surface area contributed by atoms with E-state index in [2.05, 4.69) is 5.32 Å². The van der Waals surface area contributed by atoms with Crippen molar-refractivity contribution in [2.75, 3.05) is 0 Å². The Balaban J connectivity index is 2.72. The number of aliphatic carboxylic acids is 1. The Morgan fingerprint density at radius 2 is 1.76 bits per heavy atom. The van der Waals surface area contributed by atoms with E-state index in [4.69, 9.17) is 5.11 Å². The van der Waals surface area contributed by atoms with Crippen molar-refractivity contribution >= 4 is 11.9 Å². The number of carboxylic acids is 1. The van der Waals surface area contributed by atoms with Gasteiger partial charge in [0.1, 0.15) is 0 Å². The van der Waals surface area contributed by atoms with Gasteiger partial charge in [-0.25, -0.2) is 0 Å². The number of amides is 1. The first-order valence-electron chi connectivity index (χ1n) is 5.74. The van der Waals surface area contributed by atoms with E-state index in [1.165, 1.54) is 0 Å². The maximum atomic E-state index is 12.0. The highest BCUT2D eigenvalue weighted by molar-refractivity contribution is 5.92. The van der Waals surface area contributed by atoms with Crippen molar-refractivity contribution < 1.29 is 19.8 Å². The van der Waals surface area contributed by atoms with E-state index in [0.717, 1.165) is 0 Å². The van der Waals surface area contributed by atoms with E-state index in [9.17, 15) is 14.7 Å². The lowest BCUT2D eigenvalue weighted by atomic mass is 9.98. The van der Waals surface area contributed by atoms with Crippen molar-refractivity contribution in [3.8, 4) is 0 Å². The summed E-state index contributed by atoms with van der Waals surface area (Å²) in [6.07, 6.45) is -0.698. The Hall–Kier alpha value is -1.10. The van der Waals surface area contributed by atoms with Gasteiger partial charge in [-0.05, 0) is 26.2 Å². The van der Waals surface area contributed by atoms with Crippen LogP contribution >= 0.6 is 0 Å². The Bertz CT molecular complexity index is 346. The summed E-state index contributed by atoms with van der Waals surface area (Å²) in [6.45, 7) is 8.55. The summed E-state index contributed by atoms with van der Waals surface area (Å²) in [6, 6.07) is 0. The van der Waals surface area contributed by atoms with Gasteiger partial charge in [-0.3, -0.25) is 9.59 Å². The van der Waals surface area contributed by atoms with Gasteiger partial charge in [-0.2, -0.15) is 0 Å². The summed E-state index contributed by atoms with van der Waals surface area (Å²) in [5, 5.41) is 21.2. The second kappa shape index (κ2) is 3.98. The van der Waals surface area contributed by atoms with Crippen molar-refractivity contribution in [3.05, 3.63) is 0 Å². The minimum Gasteiger partial charge on any atom is -0.481 e. The quantitative estimate of drug-likeness (QED) is 0.675. The topological polar surface area (TPSA) is 86.6 Å². The van der Waals surface area contributed by atoms with Gasteiger partial charge in [0.15, 0.2) is 0 Å². The van der Waals surface area contributed by atoms with Gasteiger partial charge in [-0.1, -0.05) is 13.8 Å². The van der Waals surface area contributed by atoms with Crippen molar-refractivity contribution in [2.24, 2.45) is 17.3 Å². The van der Waals surface area contributed by atoms with Crippen molar-refractivity contribution in [2.45, 2.75) is 46.3 Å². The number of aliphatic hydroxyl groups excluding tert-OH is 1. The second-order valence-electron chi connectivity index (χ2n) is 6.00. The third kappa shape index (κ3) is 2.44. The maximum absolute atomic E-state index is 12.0. The van der Waals surface area contributed by atoms with E-state index in [-0.39, 0.29) is 5.91 Å². The molecule has 0 aromatic carbocycles. The highest BCUT2D eigenvalue weighted by Crippen LogP contribution is 2.58. The molecule has 0 spiro atoms. The molecule has 17 heavy (non-hydrogen) atoms. The SMILES string of the molecule is CC(O)C(C)(C)NC(=O)C1C(C(=O)O)C1(C)C. The fourth-order valence-corrected chi connectivity index (χ4v) is 2.09. The minimum atomic E-state index is -0.940. The minimum absolute atomic E-state index is 0.298. The molecule has 0 saturated heterocycles. The van der Waals surface area contributed by atoms with Crippen LogP contribution in [0, 0.1) is 17.3 Å². The predicted molar refractivity (Wildman–Crippen MR) is 62.3 cm³/mol. The molecule has 0 bridgehead atoms. The van der Waals surface area contributed by atoms with Crippen LogP contribution in [0.15, 0.2) is 0 Å². The molecular weight excluding hydrogens is 222 g/mol. The molecule has 5 heteroatoms. The number of carbonyl (C=O) groups is 2. The van der Waals surface area contributed by atoms with Crippen LogP contribution in [0.5, 0.6) is 0 Å². The van der Waals surface area contributed by atoms with Crippen LogP contribution in [-0.2, 0) is 9.59 Å². The van der Waals surface area contributed by atoms with Crippen molar-refractivity contribution in [1.82, 2.24) is 5.32 Å². The molecule has 1 aliphatic rings. The molecule has 1 fully saturated rings. The standard InChI is InChI=1S/C12H21NO4/c1-6(14)12(4,5)13-9(15)7-8(10(16)17)11(7,2)3/h6-8,14H,1-5H3,(H,13,15)(H,16,17). The van der Waals surface area contributed by atoms with Crippen LogP contribution in [-0.4, -0.2) is 33.7 Å². The zero-order valence-corrected chi connectivity index (χ0v) is 10.9. The Kier molecular flexibility index (Phi) is 3.27. The van der Waals surface area contributed by atoms with Gasteiger partial charge >= 0.3 is 5.97 Å². The van der Waals surface area contributed by atoms with Crippen LogP contribution in [0.2, 0.25) is 0 Å². The molecule has 1 rings (SSSR count). The summed E-state index contributed by atoms with van der Waals surface area (Å²) in [5.41, 5.74) is -1.26. The molecule has 3 atom stereocenters. The number of rotatable bonds is 4. The van der Waals surface area contributed by atoms with Gasteiger partial charge in [0, 0.05) is 0 Å². The molecule has 98 valence electrons. The Labute approximate surface area is 101 Å². The molecule has 0 aromatic heterocycles. The van der Waals surface area contributed by atoms with Crippen LogP contribution in [0.1, 0.15) is 34.6 Å². The number of aliphatic hydroxyl groups is 1. The molecule has 0 heterocycles. The van der Waals surface area contributed by atoms with Crippen molar-refractivity contribution in [3.63, 3.8) is 0 Å². The zero-order valence-electron chi connectivity index (χ0n) is 10.9. The van der Waals surface area contributed by atoms with Gasteiger partial charge in [-0.15, -0.1) is 0 Å². The normalized spacial score (nSPS) is 28.4. The molecule has 5 nitrogen and oxygen atoms in total. The van der Waals surface area contributed by atoms with Crippen molar-refractivity contribution in [1.29, 1.82) is 0 Å². The van der Waals surface area contributed by atoms with Crippen LogP contribution in [0.25, 0.3) is 0 Å². The lowest BCUT2D eigenvalue weighted by molar-refractivity contribution is -0.140. The predicted octanol–water partition coefficient (Wildman–Crippen LogP) is 0.619. The Morgan fingerprint density at radius 3 is 2.06 bits per heavy atom. The summed E-state index contributed by atoms with van der Waals surface area (Å²) in [4.78, 5) is 22.9. The highest BCUT2D eigenvalue weighted by Gasteiger charge is 2.66. The average molecular weight is 243 g/mol. The summed E-state index contributed by atoms with van der Waals surface area (Å²) < 4.78 is 0. The van der Waals surface area contributed by atoms with E-state index in [1.807, 2.05) is 0 Å². The molecule has 1 amide bonds. The maximum Gasteiger partial charge on any atom is 0.307 e. The largest absolute Gasteiger partial charge is 0.481 e. The molecule has 0 radical (unpaired) electrons. The number of hydrogen-bond donors (Lipinski definition) is 3. The van der Waals surface area contributed by atoms with E-state index in [0.29, 0.717) is 0 Å². The smallest absolute Gasteiger partial charge is 0.307 e. The third-order valence-corrected chi connectivity index (χ3v) is 3.87. The van der Waals surface area contributed by atoms with E-state index < -0.39 is 34.9 Å². The number of nitrogens with one attached hydrogen (secondary N) is 1. The number of hydrogen-bond acceptors (Lipinski definition) is 3. The fourth-order valence-electron chi connectivity index (χ4n) is 2.09. The van der Waals surface area contributed by atoms with Crippen LogP contribution in [0.3, 0.4) is 0 Å². The molecule has 0 aromatic rings. The monoisotopic (exact) mass is 243 g/mol. The molecule has 1 saturated carbocycles. The molecule has 3 unspecified atom stereocenters. The van der Waals surface area contributed by atoms with Gasteiger partial charge in [0.05, 0.1) is 23.5 Å². The zero-order chi connectivity index (χ0) is 13.6. The molecule has 0 aliphatic heterocycles. The van der Waals surface area contributed by atoms with E-state index in [1.54, 1.807) is 34.6 Å². The number of carboxylic acid groups (broad SMARTS) is 1. The second-order valence-corrected chi connectivity index (χ2v) is 6.00. The first kappa shape index (κ1) is 14.0. The van der Waals surface area contributed by atoms with Gasteiger partial charge < -0.3 is 15.5 Å². The summed E-state index contributed by atoms with van der Waals surface area (Å²) in [5.74, 6) is -2.39. The first-order valence-corrected chi connectivity index (χ1v) is 5.74. The van der Waals surface area contributed by atoms with Gasteiger partial charge in [0.2, 0.25) is 5.91 Å². The highest BCUT2D eigenvalue weighted by atomic mass is 16.4. The molecule has 3 N–H and O–H groups in total. The van der Waals surface area contributed by atoms with Crippen LogP contribution in [0.4, 0.5) is 0 Å². The molecule has 1 aliphatic carbocycles. The lowest BCUT2D eigenvalue weighted by Crippen LogP contribution is -2.51. The fraction of sp³-hybridized carbons (Fsp3) is 0.833. The summed E-state index contributed by atoms with van der Waals surface area (Å²) in [7, 11) is 0. The Morgan fingerprint density at radius 1 is 1.29 bits per heavy atom. The molecular formula is C12H21NO4. The average Bonchev–Trinajstić information content (AvgIpc) is 2.67. The lowest BCUT2D eigenvalue weighted by Gasteiger charge is -2.29. The van der Waals surface area contributed by atoms with Gasteiger partial charge in [0.25, 0.3) is 0 Å². The third-order valence-electron chi connectivity index (χ3n) is 3.87. The number of carbonyl (C=O) groups excluding carboxylic acids is 1. The van der Waals surface area contributed by atoms with E-state index >= 15 is 0 Å².